The molecular weight excluding hydrogens is 572 g/mol. The van der Waals surface area contributed by atoms with Crippen LogP contribution in [0.3, 0.4) is 0 Å². The van der Waals surface area contributed by atoms with E-state index >= 15 is 0 Å². The fraction of sp³-hybridized carbons (Fsp3) is 0.919. The molecule has 3 aliphatic heterocycles. The van der Waals surface area contributed by atoms with Crippen molar-refractivity contribution in [2.75, 3.05) is 0 Å². The molecule has 262 valence electrons. The van der Waals surface area contributed by atoms with Crippen molar-refractivity contribution < 1.29 is 39.4 Å². The molecule has 0 amide bonds. The van der Waals surface area contributed by atoms with Gasteiger partial charge in [-0.25, -0.2) is 4.79 Å². The van der Waals surface area contributed by atoms with Crippen LogP contribution in [0.4, 0.5) is 0 Å². The van der Waals surface area contributed by atoms with Gasteiger partial charge in [0.2, 0.25) is 0 Å². The second-order valence-electron chi connectivity index (χ2n) is 14.2. The first-order chi connectivity index (χ1) is 21.8. The van der Waals surface area contributed by atoms with E-state index in [1.807, 2.05) is 6.92 Å². The van der Waals surface area contributed by atoms with Gasteiger partial charge >= 0.3 is 5.97 Å². The lowest BCUT2D eigenvalue weighted by Gasteiger charge is -2.24. The maximum absolute atomic E-state index is 11.7. The van der Waals surface area contributed by atoms with E-state index in [-0.39, 0.29) is 36.5 Å². The molecule has 0 aliphatic carbocycles. The number of unbranched alkanes of at least 4 members (excludes halogenated alkanes) is 11. The van der Waals surface area contributed by atoms with Gasteiger partial charge in [0.15, 0.2) is 0 Å². The van der Waals surface area contributed by atoms with Gasteiger partial charge in [0, 0.05) is 12.0 Å². The van der Waals surface area contributed by atoms with Gasteiger partial charge in [-0.15, -0.1) is 0 Å². The van der Waals surface area contributed by atoms with Crippen molar-refractivity contribution >= 4 is 5.97 Å². The molecule has 8 heteroatoms. The third-order valence-electron chi connectivity index (χ3n) is 10.1. The fourth-order valence-electron chi connectivity index (χ4n) is 7.29. The molecule has 0 spiro atoms. The summed E-state index contributed by atoms with van der Waals surface area (Å²) in [7, 11) is 0. The number of esters is 1. The van der Waals surface area contributed by atoms with Gasteiger partial charge in [-0.3, -0.25) is 0 Å². The largest absolute Gasteiger partial charge is 0.455 e. The molecular formula is C37H66O8. The Kier molecular flexibility index (Phi) is 18.6. The molecule has 3 rings (SSSR count). The van der Waals surface area contributed by atoms with Gasteiger partial charge < -0.3 is 34.6 Å². The number of ether oxygens (including phenoxy) is 3. The highest BCUT2D eigenvalue weighted by Gasteiger charge is 2.40. The topological polar surface area (TPSA) is 126 Å². The second-order valence-corrected chi connectivity index (χ2v) is 14.2. The lowest BCUT2D eigenvalue weighted by molar-refractivity contribution is -0.139. The molecule has 0 bridgehead atoms. The molecule has 8 nitrogen and oxygen atoms in total. The first-order valence-corrected chi connectivity index (χ1v) is 18.7. The number of aliphatic hydroxyl groups excluding tert-OH is 4. The highest BCUT2D eigenvalue weighted by Crippen LogP contribution is 2.34. The molecule has 0 aromatic heterocycles. The van der Waals surface area contributed by atoms with Crippen LogP contribution < -0.4 is 0 Å². The SMILES string of the molecule is CCCCCCCCCC[C@@H](O)[C@@H]1CC[C@@H]([C@@H]2CC[C@@H]([C@H](O)CCC(O)CCCCCCCC(O)CC3=CC(C)OC3=O)O2)O1. The van der Waals surface area contributed by atoms with E-state index in [0.717, 1.165) is 77.0 Å². The predicted octanol–water partition coefficient (Wildman–Crippen LogP) is 6.83. The van der Waals surface area contributed by atoms with Gasteiger partial charge in [0.05, 0.1) is 48.8 Å². The van der Waals surface area contributed by atoms with Gasteiger partial charge in [-0.2, -0.15) is 0 Å². The molecule has 3 heterocycles. The molecule has 3 unspecified atom stereocenters. The monoisotopic (exact) mass is 638 g/mol. The van der Waals surface area contributed by atoms with Crippen LogP contribution in [0.5, 0.6) is 0 Å². The molecule has 2 fully saturated rings. The van der Waals surface area contributed by atoms with Crippen molar-refractivity contribution in [2.45, 2.75) is 216 Å². The Hall–Kier alpha value is -1.03. The Labute approximate surface area is 273 Å². The summed E-state index contributed by atoms with van der Waals surface area (Å²) in [6, 6.07) is 0. The molecule has 0 saturated carbocycles. The molecule has 0 aromatic rings. The van der Waals surface area contributed by atoms with Crippen molar-refractivity contribution in [2.24, 2.45) is 0 Å². The summed E-state index contributed by atoms with van der Waals surface area (Å²) in [6.07, 6.45) is 21.6. The highest BCUT2D eigenvalue weighted by molar-refractivity contribution is 5.90. The fourth-order valence-corrected chi connectivity index (χ4v) is 7.29. The number of rotatable bonds is 25. The van der Waals surface area contributed by atoms with Gasteiger partial charge in [-0.05, 0) is 70.8 Å². The summed E-state index contributed by atoms with van der Waals surface area (Å²) in [4.78, 5) is 11.7. The summed E-state index contributed by atoms with van der Waals surface area (Å²) in [5.41, 5.74) is 0.588. The second kappa shape index (κ2) is 21.8. The van der Waals surface area contributed by atoms with E-state index < -0.39 is 24.4 Å². The van der Waals surface area contributed by atoms with Crippen LogP contribution in [0.2, 0.25) is 0 Å². The van der Waals surface area contributed by atoms with E-state index in [1.165, 1.54) is 44.9 Å². The first-order valence-electron chi connectivity index (χ1n) is 18.7. The Balaban J connectivity index is 1.16. The lowest BCUT2D eigenvalue weighted by Crippen LogP contribution is -2.33. The van der Waals surface area contributed by atoms with Crippen molar-refractivity contribution in [1.29, 1.82) is 0 Å². The maximum Gasteiger partial charge on any atom is 0.334 e. The van der Waals surface area contributed by atoms with Gasteiger partial charge in [0.1, 0.15) is 6.10 Å². The maximum atomic E-state index is 11.7. The van der Waals surface area contributed by atoms with E-state index in [9.17, 15) is 25.2 Å². The first kappa shape index (κ1) is 38.4. The Bertz CT molecular complexity index is 833. The molecule has 4 N–H and O–H groups in total. The van der Waals surface area contributed by atoms with E-state index in [1.54, 1.807) is 6.08 Å². The van der Waals surface area contributed by atoms with Crippen LogP contribution >= 0.6 is 0 Å². The Morgan fingerprint density at radius 3 is 1.67 bits per heavy atom. The average molecular weight is 639 g/mol. The normalized spacial score (nSPS) is 27.8. The van der Waals surface area contributed by atoms with E-state index in [4.69, 9.17) is 14.2 Å². The van der Waals surface area contributed by atoms with E-state index in [0.29, 0.717) is 31.3 Å². The lowest BCUT2D eigenvalue weighted by atomic mass is 9.99. The van der Waals surface area contributed by atoms with Crippen LogP contribution in [-0.2, 0) is 19.0 Å². The number of hydrogen-bond donors (Lipinski definition) is 4. The van der Waals surface area contributed by atoms with E-state index in [2.05, 4.69) is 6.92 Å². The van der Waals surface area contributed by atoms with Crippen molar-refractivity contribution in [3.8, 4) is 0 Å². The quantitative estimate of drug-likeness (QED) is 0.0634. The summed E-state index contributed by atoms with van der Waals surface area (Å²) < 4.78 is 17.6. The molecule has 9 atom stereocenters. The molecule has 2 saturated heterocycles. The van der Waals surface area contributed by atoms with Crippen LogP contribution in [-0.4, -0.2) is 81.3 Å². The van der Waals surface area contributed by atoms with Crippen molar-refractivity contribution in [1.82, 2.24) is 0 Å². The van der Waals surface area contributed by atoms with Gasteiger partial charge in [0.25, 0.3) is 0 Å². The highest BCUT2D eigenvalue weighted by atomic mass is 16.6. The minimum absolute atomic E-state index is 0.00146. The number of aliphatic hydroxyl groups is 4. The Morgan fingerprint density at radius 1 is 0.644 bits per heavy atom. The van der Waals surface area contributed by atoms with Crippen molar-refractivity contribution in [3.63, 3.8) is 0 Å². The summed E-state index contributed by atoms with van der Waals surface area (Å²) >= 11 is 0. The summed E-state index contributed by atoms with van der Waals surface area (Å²) in [5.74, 6) is -0.305. The smallest absolute Gasteiger partial charge is 0.334 e. The standard InChI is InChI=1S/C37H66O8/c1-3-4-5-6-7-8-12-15-18-31(40)33-21-23-35(44-33)36-24-22-34(45-36)32(41)20-19-29(38)16-13-10-9-11-14-17-30(39)26-28-25-27(2)43-37(28)42/h25,27,29-36,38-41H,3-24,26H2,1-2H3/t27?,29?,30?,31-,32-,33+,34+,35+,36+/m1/s1. The van der Waals surface area contributed by atoms with Crippen LogP contribution in [0.25, 0.3) is 0 Å². The molecule has 3 aliphatic rings. The van der Waals surface area contributed by atoms with Gasteiger partial charge in [-0.1, -0.05) is 90.4 Å². The van der Waals surface area contributed by atoms with Crippen molar-refractivity contribution in [3.05, 3.63) is 11.6 Å². The number of carbonyl (C=O) groups excluding carboxylic acids is 1. The molecule has 0 radical (unpaired) electrons. The van der Waals surface area contributed by atoms with Crippen LogP contribution in [0.1, 0.15) is 162 Å². The third kappa shape index (κ3) is 14.7. The third-order valence-corrected chi connectivity index (χ3v) is 10.1. The minimum atomic E-state index is -0.578. The Morgan fingerprint density at radius 2 is 1.13 bits per heavy atom. The zero-order chi connectivity index (χ0) is 32.4. The molecule has 45 heavy (non-hydrogen) atoms. The summed E-state index contributed by atoms with van der Waals surface area (Å²) in [5, 5.41) is 42.1. The molecule has 0 aromatic carbocycles. The van der Waals surface area contributed by atoms with Crippen LogP contribution in [0, 0.1) is 0 Å². The summed E-state index contributed by atoms with van der Waals surface area (Å²) in [6.45, 7) is 4.07. The number of cyclic esters (lactones) is 1. The predicted molar refractivity (Wildman–Crippen MR) is 177 cm³/mol. The zero-order valence-electron chi connectivity index (χ0n) is 28.5. The average Bonchev–Trinajstić information content (AvgIpc) is 3.77. The van der Waals surface area contributed by atoms with Crippen LogP contribution in [0.15, 0.2) is 11.6 Å². The zero-order valence-corrected chi connectivity index (χ0v) is 28.5. The number of hydrogen-bond acceptors (Lipinski definition) is 8. The minimum Gasteiger partial charge on any atom is -0.455 e. The number of carbonyl (C=O) groups is 1.